The molecule has 0 saturated carbocycles. The summed E-state index contributed by atoms with van der Waals surface area (Å²) >= 11 is 0. The van der Waals surface area contributed by atoms with Crippen LogP contribution >= 0.6 is 0 Å². The Hall–Kier alpha value is -3.49. The number of carbonyl (C=O) groups excluding carboxylic acids is 3. The highest BCUT2D eigenvalue weighted by molar-refractivity contribution is 5.97. The summed E-state index contributed by atoms with van der Waals surface area (Å²) in [6.07, 6.45) is 0. The van der Waals surface area contributed by atoms with Gasteiger partial charge in [-0.05, 0) is 42.3 Å². The third-order valence-electron chi connectivity index (χ3n) is 4.11. The van der Waals surface area contributed by atoms with Crippen molar-refractivity contribution in [2.24, 2.45) is 5.92 Å². The highest BCUT2D eigenvalue weighted by atomic mass is 19.1. The second kappa shape index (κ2) is 10.3. The maximum atomic E-state index is 13.6. The van der Waals surface area contributed by atoms with Crippen molar-refractivity contribution in [2.45, 2.75) is 19.9 Å². The van der Waals surface area contributed by atoms with Gasteiger partial charge in [-0.2, -0.15) is 0 Å². The number of esters is 1. The fourth-order valence-electron chi connectivity index (χ4n) is 2.47. The first-order chi connectivity index (χ1) is 14.2. The lowest BCUT2D eigenvalue weighted by atomic mass is 10.0. The topological polar surface area (TPSA) is 93.7 Å². The molecular weight excluding hydrogens is 398 g/mol. The van der Waals surface area contributed by atoms with Crippen molar-refractivity contribution in [3.63, 3.8) is 0 Å². The zero-order valence-electron chi connectivity index (χ0n) is 16.7. The third-order valence-corrected chi connectivity index (χ3v) is 4.11. The Kier molecular flexibility index (Phi) is 7.85. The van der Waals surface area contributed by atoms with E-state index in [-0.39, 0.29) is 11.6 Å². The highest BCUT2D eigenvalue weighted by Crippen LogP contribution is 2.15. The van der Waals surface area contributed by atoms with Crippen LogP contribution in [-0.2, 0) is 14.3 Å². The summed E-state index contributed by atoms with van der Waals surface area (Å²) in [5.41, 5.74) is -0.0576. The number of hydrogen-bond donors (Lipinski definition) is 2. The molecule has 0 bridgehead atoms. The van der Waals surface area contributed by atoms with Gasteiger partial charge in [-0.1, -0.05) is 13.8 Å². The van der Waals surface area contributed by atoms with Gasteiger partial charge >= 0.3 is 5.97 Å². The molecule has 0 spiro atoms. The van der Waals surface area contributed by atoms with Crippen LogP contribution in [-0.4, -0.2) is 37.5 Å². The number of rotatable bonds is 8. The van der Waals surface area contributed by atoms with Gasteiger partial charge in [0.25, 0.3) is 11.8 Å². The zero-order valence-corrected chi connectivity index (χ0v) is 16.7. The van der Waals surface area contributed by atoms with Crippen LogP contribution in [0.25, 0.3) is 0 Å². The summed E-state index contributed by atoms with van der Waals surface area (Å²) < 4.78 is 36.7. The third kappa shape index (κ3) is 6.26. The highest BCUT2D eigenvalue weighted by Gasteiger charge is 2.27. The molecule has 0 unspecified atom stereocenters. The van der Waals surface area contributed by atoms with E-state index in [9.17, 15) is 23.2 Å². The van der Waals surface area contributed by atoms with Crippen LogP contribution in [0.5, 0.6) is 5.75 Å². The molecule has 0 radical (unpaired) electrons. The summed E-state index contributed by atoms with van der Waals surface area (Å²) in [4.78, 5) is 36.7. The lowest BCUT2D eigenvalue weighted by molar-refractivity contribution is -0.150. The van der Waals surface area contributed by atoms with Gasteiger partial charge in [0.15, 0.2) is 6.61 Å². The molecule has 30 heavy (non-hydrogen) atoms. The molecule has 7 nitrogen and oxygen atoms in total. The second-order valence-electron chi connectivity index (χ2n) is 6.70. The Labute approximate surface area is 172 Å². The van der Waals surface area contributed by atoms with E-state index < -0.39 is 42.1 Å². The molecule has 2 aromatic carbocycles. The number of methoxy groups -OCH3 is 1. The van der Waals surface area contributed by atoms with Gasteiger partial charge in [0.2, 0.25) is 0 Å². The van der Waals surface area contributed by atoms with Gasteiger partial charge in [-0.15, -0.1) is 0 Å². The quantitative estimate of drug-likeness (QED) is 0.641. The van der Waals surface area contributed by atoms with E-state index in [4.69, 9.17) is 9.47 Å². The van der Waals surface area contributed by atoms with Crippen LogP contribution < -0.4 is 15.4 Å². The SMILES string of the molecule is COc1ccc(C(=O)N[C@H](C(=O)OCC(=O)Nc2cc(F)ccc2F)C(C)C)cc1. The van der Waals surface area contributed by atoms with Gasteiger partial charge < -0.3 is 20.1 Å². The van der Waals surface area contributed by atoms with E-state index in [0.717, 1.165) is 18.2 Å². The number of ether oxygens (including phenoxy) is 2. The minimum Gasteiger partial charge on any atom is -0.497 e. The largest absolute Gasteiger partial charge is 0.497 e. The molecule has 0 aliphatic rings. The van der Waals surface area contributed by atoms with Gasteiger partial charge in [-0.25, -0.2) is 13.6 Å². The van der Waals surface area contributed by atoms with E-state index in [2.05, 4.69) is 10.6 Å². The summed E-state index contributed by atoms with van der Waals surface area (Å²) in [6, 6.07) is 7.85. The molecule has 160 valence electrons. The van der Waals surface area contributed by atoms with Crippen LogP contribution in [0.3, 0.4) is 0 Å². The Balaban J connectivity index is 1.95. The lowest BCUT2D eigenvalue weighted by Crippen LogP contribution is -2.45. The number of carbonyl (C=O) groups is 3. The minimum atomic E-state index is -1.02. The Morgan fingerprint density at radius 1 is 1.03 bits per heavy atom. The zero-order chi connectivity index (χ0) is 22.3. The van der Waals surface area contributed by atoms with Crippen molar-refractivity contribution >= 4 is 23.5 Å². The number of amides is 2. The van der Waals surface area contributed by atoms with E-state index in [1.807, 2.05) is 0 Å². The summed E-state index contributed by atoms with van der Waals surface area (Å²) in [6.45, 7) is 2.67. The van der Waals surface area contributed by atoms with Crippen molar-refractivity contribution in [3.8, 4) is 5.75 Å². The van der Waals surface area contributed by atoms with Crippen molar-refractivity contribution in [3.05, 3.63) is 59.7 Å². The number of halogens is 2. The van der Waals surface area contributed by atoms with Gasteiger partial charge in [0.05, 0.1) is 12.8 Å². The first kappa shape index (κ1) is 22.8. The molecule has 2 N–H and O–H groups in total. The van der Waals surface area contributed by atoms with Crippen molar-refractivity contribution in [1.82, 2.24) is 5.32 Å². The lowest BCUT2D eigenvalue weighted by Gasteiger charge is -2.21. The van der Waals surface area contributed by atoms with Crippen LogP contribution in [0.4, 0.5) is 14.5 Å². The molecule has 0 aliphatic carbocycles. The summed E-state index contributed by atoms with van der Waals surface area (Å²) in [5, 5.41) is 4.69. The van der Waals surface area contributed by atoms with Crippen LogP contribution in [0, 0.1) is 17.6 Å². The van der Waals surface area contributed by atoms with E-state index >= 15 is 0 Å². The first-order valence-electron chi connectivity index (χ1n) is 9.07. The standard InChI is InChI=1S/C21H22F2N2O5/c1-12(2)19(25-20(27)13-4-7-15(29-3)8-5-13)21(28)30-11-18(26)24-17-10-14(22)6-9-16(17)23/h4-10,12,19H,11H2,1-3H3,(H,24,26)(H,25,27)/t19-/m0/s1. The maximum Gasteiger partial charge on any atom is 0.329 e. The predicted molar refractivity (Wildman–Crippen MR) is 105 cm³/mol. The van der Waals surface area contributed by atoms with Crippen LogP contribution in [0.2, 0.25) is 0 Å². The van der Waals surface area contributed by atoms with Gasteiger partial charge in [0.1, 0.15) is 23.4 Å². The Morgan fingerprint density at radius 2 is 1.70 bits per heavy atom. The van der Waals surface area contributed by atoms with Gasteiger partial charge in [0, 0.05) is 11.6 Å². The fraction of sp³-hybridized carbons (Fsp3) is 0.286. The Morgan fingerprint density at radius 3 is 2.30 bits per heavy atom. The smallest absolute Gasteiger partial charge is 0.329 e. The summed E-state index contributed by atoms with van der Waals surface area (Å²) in [5.74, 6) is -3.50. The molecule has 2 aromatic rings. The van der Waals surface area contributed by atoms with Crippen molar-refractivity contribution in [2.75, 3.05) is 19.0 Å². The van der Waals surface area contributed by atoms with E-state index in [1.54, 1.807) is 26.0 Å². The average molecular weight is 420 g/mol. The molecule has 2 rings (SSSR count). The van der Waals surface area contributed by atoms with E-state index in [0.29, 0.717) is 11.3 Å². The second-order valence-corrected chi connectivity index (χ2v) is 6.70. The minimum absolute atomic E-state index is 0.313. The normalized spacial score (nSPS) is 11.5. The molecule has 9 heteroatoms. The Bertz CT molecular complexity index is 916. The molecule has 0 saturated heterocycles. The van der Waals surface area contributed by atoms with Crippen molar-refractivity contribution < 1.29 is 32.6 Å². The fourth-order valence-corrected chi connectivity index (χ4v) is 2.47. The molecule has 0 fully saturated rings. The number of nitrogens with one attached hydrogen (secondary N) is 2. The van der Waals surface area contributed by atoms with E-state index in [1.165, 1.54) is 19.2 Å². The number of anilines is 1. The molecule has 1 atom stereocenters. The molecule has 0 aliphatic heterocycles. The molecule has 0 aromatic heterocycles. The van der Waals surface area contributed by atoms with Gasteiger partial charge in [-0.3, -0.25) is 9.59 Å². The molecular formula is C21H22F2N2O5. The van der Waals surface area contributed by atoms with Crippen molar-refractivity contribution in [1.29, 1.82) is 0 Å². The maximum absolute atomic E-state index is 13.6. The van der Waals surface area contributed by atoms with Crippen LogP contribution in [0.15, 0.2) is 42.5 Å². The number of hydrogen-bond acceptors (Lipinski definition) is 5. The summed E-state index contributed by atoms with van der Waals surface area (Å²) in [7, 11) is 1.50. The monoisotopic (exact) mass is 420 g/mol. The predicted octanol–water partition coefficient (Wildman–Crippen LogP) is 2.91. The number of benzene rings is 2. The molecule has 0 heterocycles. The average Bonchev–Trinajstić information content (AvgIpc) is 2.72. The first-order valence-corrected chi connectivity index (χ1v) is 9.07. The van der Waals surface area contributed by atoms with Crippen LogP contribution in [0.1, 0.15) is 24.2 Å². The molecule has 2 amide bonds.